The zero-order chi connectivity index (χ0) is 20.7. The van der Waals surface area contributed by atoms with Crippen molar-refractivity contribution >= 4 is 28.7 Å². The Bertz CT molecular complexity index is 1080. The van der Waals surface area contributed by atoms with Gasteiger partial charge in [-0.2, -0.15) is 0 Å². The summed E-state index contributed by atoms with van der Waals surface area (Å²) < 4.78 is 5.59. The molecule has 5 rings (SSSR count). The quantitative estimate of drug-likeness (QED) is 0.783. The molecule has 0 radical (unpaired) electrons. The van der Waals surface area contributed by atoms with Crippen molar-refractivity contribution in [3.05, 3.63) is 76.2 Å². The summed E-state index contributed by atoms with van der Waals surface area (Å²) in [6, 6.07) is 8.29. The second-order valence-corrected chi connectivity index (χ2v) is 8.81. The first-order valence-electron chi connectivity index (χ1n) is 10.3. The van der Waals surface area contributed by atoms with E-state index in [4.69, 9.17) is 16.3 Å². The summed E-state index contributed by atoms with van der Waals surface area (Å²) in [6.07, 6.45) is 9.93. The molecule has 5 nitrogen and oxygen atoms in total. The third-order valence-corrected chi connectivity index (χ3v) is 6.34. The molecule has 1 saturated heterocycles. The van der Waals surface area contributed by atoms with E-state index in [9.17, 15) is 0 Å². The zero-order valence-corrected chi connectivity index (χ0v) is 18.0. The van der Waals surface area contributed by atoms with Crippen LogP contribution in [0, 0.1) is 6.92 Å². The molecule has 0 bridgehead atoms. The van der Waals surface area contributed by atoms with Gasteiger partial charge in [-0.25, -0.2) is 4.98 Å². The summed E-state index contributed by atoms with van der Waals surface area (Å²) in [5.74, 6) is 0.952. The largest absolute Gasteiger partial charge is 0.375 e. The minimum Gasteiger partial charge on any atom is -0.375 e. The molecular weight excluding hydrogens is 396 g/mol. The Hall–Kier alpha value is -2.63. The highest BCUT2D eigenvalue weighted by Crippen LogP contribution is 2.44. The predicted molar refractivity (Wildman–Crippen MR) is 121 cm³/mol. The molecule has 1 atom stereocenters. The van der Waals surface area contributed by atoms with Crippen LogP contribution >= 0.6 is 11.6 Å². The summed E-state index contributed by atoms with van der Waals surface area (Å²) in [7, 11) is 0. The highest BCUT2D eigenvalue weighted by atomic mass is 35.5. The Kier molecular flexibility index (Phi) is 4.88. The summed E-state index contributed by atoms with van der Waals surface area (Å²) in [5.41, 5.74) is 6.43. The smallest absolute Gasteiger partial charge is 0.130 e. The number of rotatable bonds is 3. The number of allylic oxidation sites excluding steroid dienone is 2. The second-order valence-electron chi connectivity index (χ2n) is 8.35. The van der Waals surface area contributed by atoms with Crippen molar-refractivity contribution < 1.29 is 4.74 Å². The molecule has 2 aromatic heterocycles. The molecule has 2 aromatic rings. The van der Waals surface area contributed by atoms with Crippen molar-refractivity contribution in [3.63, 3.8) is 0 Å². The van der Waals surface area contributed by atoms with Gasteiger partial charge in [-0.3, -0.25) is 4.98 Å². The number of hydrogen-bond acceptors (Lipinski definition) is 5. The van der Waals surface area contributed by atoms with Gasteiger partial charge in [0.05, 0.1) is 12.1 Å². The van der Waals surface area contributed by atoms with Crippen LogP contribution in [0.15, 0.2) is 59.4 Å². The van der Waals surface area contributed by atoms with E-state index in [0.29, 0.717) is 6.73 Å². The van der Waals surface area contributed by atoms with Crippen LogP contribution in [0.25, 0.3) is 11.3 Å². The van der Waals surface area contributed by atoms with Gasteiger partial charge in [-0.1, -0.05) is 11.6 Å². The van der Waals surface area contributed by atoms with E-state index in [1.54, 1.807) is 0 Å². The van der Waals surface area contributed by atoms with Gasteiger partial charge < -0.3 is 15.0 Å². The average molecular weight is 421 g/mol. The van der Waals surface area contributed by atoms with Crippen LogP contribution in [-0.4, -0.2) is 35.4 Å². The molecule has 1 unspecified atom stereocenters. The Morgan fingerprint density at radius 1 is 1.13 bits per heavy atom. The monoisotopic (exact) mass is 420 g/mol. The molecule has 30 heavy (non-hydrogen) atoms. The van der Waals surface area contributed by atoms with Gasteiger partial charge in [-0.15, -0.1) is 0 Å². The molecule has 2 aliphatic heterocycles. The van der Waals surface area contributed by atoms with E-state index >= 15 is 0 Å². The number of aryl methyl sites for hydroxylation is 1. The topological polar surface area (TPSA) is 50.3 Å². The van der Waals surface area contributed by atoms with E-state index in [1.165, 1.54) is 5.57 Å². The Morgan fingerprint density at radius 2 is 1.97 bits per heavy atom. The van der Waals surface area contributed by atoms with Crippen LogP contribution in [-0.2, 0) is 4.74 Å². The van der Waals surface area contributed by atoms with Crippen LogP contribution in [0.1, 0.15) is 36.6 Å². The van der Waals surface area contributed by atoms with Crippen molar-refractivity contribution in [3.8, 4) is 0 Å². The summed E-state index contributed by atoms with van der Waals surface area (Å²) in [5, 5.41) is 4.58. The van der Waals surface area contributed by atoms with Crippen LogP contribution in [0.5, 0.6) is 0 Å². The van der Waals surface area contributed by atoms with E-state index in [0.717, 1.165) is 64.9 Å². The van der Waals surface area contributed by atoms with Gasteiger partial charge in [0.15, 0.2) is 0 Å². The maximum Gasteiger partial charge on any atom is 0.130 e. The molecule has 154 valence electrons. The number of nitrogens with one attached hydrogen (secondary N) is 1. The number of nitrogens with zero attached hydrogens (tertiary/aromatic N) is 3. The fraction of sp³-hybridized carbons (Fsp3) is 0.333. The van der Waals surface area contributed by atoms with Crippen molar-refractivity contribution in [2.24, 2.45) is 0 Å². The third kappa shape index (κ3) is 3.53. The number of ether oxygens (including phenoxy) is 1. The van der Waals surface area contributed by atoms with Crippen LogP contribution in [0.3, 0.4) is 0 Å². The van der Waals surface area contributed by atoms with Crippen molar-refractivity contribution in [2.45, 2.75) is 32.2 Å². The standard InChI is InChI=1S/C24H25ClN4O/c1-16-10-17(4-6-26-16)20-12-19-13-22(28-24(19,2)14-21(20)25)18-5-7-27-23(11-18)29-8-3-9-30-15-29/h4-7,10-13,28H,3,8-9,14-15H2,1-2H3. The molecule has 3 aliphatic rings. The maximum absolute atomic E-state index is 6.77. The van der Waals surface area contributed by atoms with Gasteiger partial charge in [0.2, 0.25) is 0 Å². The number of pyridine rings is 2. The third-order valence-electron chi connectivity index (χ3n) is 6.00. The van der Waals surface area contributed by atoms with Gasteiger partial charge >= 0.3 is 0 Å². The van der Waals surface area contributed by atoms with E-state index in [-0.39, 0.29) is 5.54 Å². The fourth-order valence-corrected chi connectivity index (χ4v) is 4.78. The van der Waals surface area contributed by atoms with Gasteiger partial charge in [0, 0.05) is 47.3 Å². The molecular formula is C24H25ClN4O. The number of fused-ring (bicyclic) bond motifs is 1. The first-order valence-corrected chi connectivity index (χ1v) is 10.7. The summed E-state index contributed by atoms with van der Waals surface area (Å²) >= 11 is 6.77. The first-order chi connectivity index (χ1) is 14.5. The van der Waals surface area contributed by atoms with Gasteiger partial charge in [-0.05, 0) is 73.4 Å². The molecule has 0 amide bonds. The van der Waals surface area contributed by atoms with E-state index in [2.05, 4.69) is 57.5 Å². The fourth-order valence-electron chi connectivity index (χ4n) is 4.35. The molecule has 1 N–H and O–H groups in total. The van der Waals surface area contributed by atoms with Crippen molar-refractivity contribution in [1.29, 1.82) is 0 Å². The Labute approximate surface area is 182 Å². The lowest BCUT2D eigenvalue weighted by atomic mass is 9.82. The second kappa shape index (κ2) is 7.56. The molecule has 0 aromatic carbocycles. The van der Waals surface area contributed by atoms with Crippen molar-refractivity contribution in [1.82, 2.24) is 15.3 Å². The lowest BCUT2D eigenvalue weighted by Crippen LogP contribution is -2.39. The summed E-state index contributed by atoms with van der Waals surface area (Å²) in [4.78, 5) is 11.0. The number of halogens is 1. The maximum atomic E-state index is 6.77. The number of hydrogen-bond donors (Lipinski definition) is 1. The highest BCUT2D eigenvalue weighted by Gasteiger charge is 2.38. The molecule has 1 aliphatic carbocycles. The minimum atomic E-state index is -0.213. The molecule has 4 heterocycles. The average Bonchev–Trinajstić information content (AvgIpc) is 3.10. The van der Waals surface area contributed by atoms with Crippen molar-refractivity contribution in [2.75, 3.05) is 24.8 Å². The predicted octanol–water partition coefficient (Wildman–Crippen LogP) is 4.65. The molecule has 0 spiro atoms. The van der Waals surface area contributed by atoms with Crippen LogP contribution in [0.4, 0.5) is 5.82 Å². The number of aromatic nitrogens is 2. The Morgan fingerprint density at radius 3 is 2.77 bits per heavy atom. The number of anilines is 1. The molecule has 6 heteroatoms. The molecule has 1 fully saturated rings. The van der Waals surface area contributed by atoms with Crippen LogP contribution in [0.2, 0.25) is 0 Å². The zero-order valence-electron chi connectivity index (χ0n) is 17.3. The normalized spacial score (nSPS) is 23.6. The minimum absolute atomic E-state index is 0.213. The lowest BCUT2D eigenvalue weighted by Gasteiger charge is -2.32. The summed E-state index contributed by atoms with van der Waals surface area (Å²) in [6.45, 7) is 6.60. The SMILES string of the molecule is Cc1cc(C2=C(Cl)CC3(C)NC(c4ccnc(N5CCCOC5)c4)=CC3=C2)ccn1. The first kappa shape index (κ1) is 19.3. The lowest BCUT2D eigenvalue weighted by molar-refractivity contribution is 0.106. The molecule has 0 saturated carbocycles. The highest BCUT2D eigenvalue weighted by molar-refractivity contribution is 6.33. The Balaban J connectivity index is 1.47. The van der Waals surface area contributed by atoms with E-state index < -0.39 is 0 Å². The van der Waals surface area contributed by atoms with Crippen LogP contribution < -0.4 is 10.2 Å². The van der Waals surface area contributed by atoms with Gasteiger partial charge in [0.25, 0.3) is 0 Å². The van der Waals surface area contributed by atoms with Gasteiger partial charge in [0.1, 0.15) is 12.5 Å². The van der Waals surface area contributed by atoms with E-state index in [1.807, 2.05) is 25.4 Å².